The summed E-state index contributed by atoms with van der Waals surface area (Å²) < 4.78 is 7.00. The highest BCUT2D eigenvalue weighted by Gasteiger charge is 2.12. The molecule has 154 valence electrons. The van der Waals surface area contributed by atoms with Crippen LogP contribution in [0, 0.1) is 0 Å². The second-order valence-corrected chi connectivity index (χ2v) is 6.97. The fourth-order valence-electron chi connectivity index (χ4n) is 3.22. The normalized spacial score (nSPS) is 10.9. The number of nitrogens with one attached hydrogen (secondary N) is 1. The minimum absolute atomic E-state index is 0.165. The largest absolute Gasteiger partial charge is 0.497 e. The number of benzene rings is 3. The van der Waals surface area contributed by atoms with Crippen molar-refractivity contribution in [1.29, 1.82) is 0 Å². The lowest BCUT2D eigenvalue weighted by Gasteiger charge is -2.03. The van der Waals surface area contributed by atoms with Crippen molar-refractivity contribution in [3.8, 4) is 22.7 Å². The first-order chi connectivity index (χ1) is 15.2. The molecule has 0 saturated carbocycles. The van der Waals surface area contributed by atoms with Crippen molar-refractivity contribution in [1.82, 2.24) is 15.1 Å². The third kappa shape index (κ3) is 5.08. The standard InChI is InChI=1S/C26H23N3O2/c1-31-24-15-12-20(13-16-24)14-17-25(30)27-18-22-19-29(23-10-6-3-7-11-23)28-26(22)21-8-4-2-5-9-21/h2-17,19H,18H2,1H3,(H,27,30)/b17-14+. The molecule has 5 heteroatoms. The third-order valence-corrected chi connectivity index (χ3v) is 4.85. The zero-order chi connectivity index (χ0) is 21.5. The summed E-state index contributed by atoms with van der Waals surface area (Å²) >= 11 is 0. The maximum absolute atomic E-state index is 12.4. The van der Waals surface area contributed by atoms with Gasteiger partial charge in [-0.2, -0.15) is 5.10 Å². The zero-order valence-corrected chi connectivity index (χ0v) is 17.2. The summed E-state index contributed by atoms with van der Waals surface area (Å²) in [6, 6.07) is 27.4. The van der Waals surface area contributed by atoms with Crippen molar-refractivity contribution in [2.45, 2.75) is 6.54 Å². The Bertz CT molecular complexity index is 1160. The van der Waals surface area contributed by atoms with Gasteiger partial charge in [-0.3, -0.25) is 4.79 Å². The van der Waals surface area contributed by atoms with E-state index in [4.69, 9.17) is 9.84 Å². The molecule has 0 aliphatic carbocycles. The fourth-order valence-corrected chi connectivity index (χ4v) is 3.22. The Morgan fingerprint density at radius 2 is 1.65 bits per heavy atom. The van der Waals surface area contributed by atoms with Crippen LogP contribution in [0.25, 0.3) is 23.0 Å². The number of carbonyl (C=O) groups excluding carboxylic acids is 1. The van der Waals surface area contributed by atoms with E-state index in [1.807, 2.05) is 95.8 Å². The summed E-state index contributed by atoms with van der Waals surface area (Å²) in [5.74, 6) is 0.618. The average molecular weight is 409 g/mol. The predicted octanol–water partition coefficient (Wildman–Crippen LogP) is 4.88. The van der Waals surface area contributed by atoms with Crippen LogP contribution in [0.1, 0.15) is 11.1 Å². The lowest BCUT2D eigenvalue weighted by Crippen LogP contribution is -2.20. The number of rotatable bonds is 7. The maximum Gasteiger partial charge on any atom is 0.244 e. The molecule has 31 heavy (non-hydrogen) atoms. The van der Waals surface area contributed by atoms with Crippen LogP contribution in [0.5, 0.6) is 5.75 Å². The van der Waals surface area contributed by atoms with Crippen LogP contribution in [0.4, 0.5) is 0 Å². The van der Waals surface area contributed by atoms with E-state index in [9.17, 15) is 4.79 Å². The van der Waals surface area contributed by atoms with Gasteiger partial charge in [0.25, 0.3) is 0 Å². The monoisotopic (exact) mass is 409 g/mol. The molecule has 1 heterocycles. The Kier molecular flexibility index (Phi) is 6.24. The van der Waals surface area contributed by atoms with E-state index >= 15 is 0 Å². The molecule has 0 spiro atoms. The number of para-hydroxylation sites is 1. The van der Waals surface area contributed by atoms with Gasteiger partial charge in [0.1, 0.15) is 5.75 Å². The van der Waals surface area contributed by atoms with Crippen LogP contribution in [-0.4, -0.2) is 22.8 Å². The van der Waals surface area contributed by atoms with Gasteiger partial charge >= 0.3 is 0 Å². The van der Waals surface area contributed by atoms with Gasteiger partial charge in [-0.25, -0.2) is 4.68 Å². The Morgan fingerprint density at radius 1 is 0.968 bits per heavy atom. The van der Waals surface area contributed by atoms with Crippen LogP contribution in [-0.2, 0) is 11.3 Å². The Hall–Kier alpha value is -4.12. The molecule has 0 radical (unpaired) electrons. The SMILES string of the molecule is COc1ccc(/C=C/C(=O)NCc2cn(-c3ccccc3)nc2-c2ccccc2)cc1. The molecule has 0 atom stereocenters. The van der Waals surface area contributed by atoms with Crippen molar-refractivity contribution in [2.24, 2.45) is 0 Å². The van der Waals surface area contributed by atoms with Gasteiger partial charge < -0.3 is 10.1 Å². The van der Waals surface area contributed by atoms with Crippen LogP contribution < -0.4 is 10.1 Å². The second-order valence-electron chi connectivity index (χ2n) is 6.97. The lowest BCUT2D eigenvalue weighted by molar-refractivity contribution is -0.116. The Labute approximate surface area is 181 Å². The fraction of sp³-hybridized carbons (Fsp3) is 0.0769. The molecule has 0 unspecified atom stereocenters. The van der Waals surface area contributed by atoms with E-state index in [0.717, 1.165) is 33.8 Å². The topological polar surface area (TPSA) is 56.1 Å². The molecule has 0 bridgehead atoms. The van der Waals surface area contributed by atoms with Crippen molar-refractivity contribution >= 4 is 12.0 Å². The van der Waals surface area contributed by atoms with Crippen LogP contribution >= 0.6 is 0 Å². The number of aromatic nitrogens is 2. The van der Waals surface area contributed by atoms with E-state index < -0.39 is 0 Å². The lowest BCUT2D eigenvalue weighted by atomic mass is 10.1. The molecular weight excluding hydrogens is 386 g/mol. The van der Waals surface area contributed by atoms with Gasteiger partial charge in [-0.05, 0) is 35.9 Å². The highest BCUT2D eigenvalue weighted by Crippen LogP contribution is 2.23. The highest BCUT2D eigenvalue weighted by molar-refractivity contribution is 5.91. The molecule has 4 rings (SSSR count). The van der Waals surface area contributed by atoms with Crippen LogP contribution in [0.15, 0.2) is 97.2 Å². The van der Waals surface area contributed by atoms with E-state index in [-0.39, 0.29) is 5.91 Å². The molecule has 1 N–H and O–H groups in total. The maximum atomic E-state index is 12.4. The van der Waals surface area contributed by atoms with Gasteiger partial charge in [0.15, 0.2) is 0 Å². The minimum atomic E-state index is -0.165. The van der Waals surface area contributed by atoms with E-state index in [2.05, 4.69) is 5.32 Å². The highest BCUT2D eigenvalue weighted by atomic mass is 16.5. The molecule has 1 aromatic heterocycles. The Balaban J connectivity index is 1.51. The van der Waals surface area contributed by atoms with E-state index in [0.29, 0.717) is 6.54 Å². The molecule has 3 aromatic carbocycles. The summed E-state index contributed by atoms with van der Waals surface area (Å²) in [4.78, 5) is 12.4. The molecule has 0 saturated heterocycles. The number of amides is 1. The minimum Gasteiger partial charge on any atom is -0.497 e. The molecular formula is C26H23N3O2. The van der Waals surface area contributed by atoms with Crippen molar-refractivity contribution in [2.75, 3.05) is 7.11 Å². The number of hydrogen-bond acceptors (Lipinski definition) is 3. The molecule has 0 fully saturated rings. The molecule has 1 amide bonds. The summed E-state index contributed by atoms with van der Waals surface area (Å²) in [7, 11) is 1.63. The summed E-state index contributed by atoms with van der Waals surface area (Å²) in [5.41, 5.74) is 4.70. The summed E-state index contributed by atoms with van der Waals surface area (Å²) in [6.45, 7) is 0.378. The quantitative estimate of drug-likeness (QED) is 0.443. The predicted molar refractivity (Wildman–Crippen MR) is 123 cm³/mol. The number of carbonyl (C=O) groups is 1. The first-order valence-electron chi connectivity index (χ1n) is 10.0. The van der Waals surface area contributed by atoms with Gasteiger partial charge in [-0.1, -0.05) is 60.7 Å². The molecule has 0 aliphatic heterocycles. The van der Waals surface area contributed by atoms with Crippen molar-refractivity contribution in [3.63, 3.8) is 0 Å². The first-order valence-corrected chi connectivity index (χ1v) is 10.0. The third-order valence-electron chi connectivity index (χ3n) is 4.85. The summed E-state index contributed by atoms with van der Waals surface area (Å²) in [5, 5.41) is 7.74. The number of hydrogen-bond donors (Lipinski definition) is 1. The number of nitrogens with zero attached hydrogens (tertiary/aromatic N) is 2. The van der Waals surface area contributed by atoms with Crippen molar-refractivity contribution in [3.05, 3.63) is 108 Å². The molecule has 0 aliphatic rings. The smallest absolute Gasteiger partial charge is 0.244 e. The zero-order valence-electron chi connectivity index (χ0n) is 17.2. The van der Waals surface area contributed by atoms with Gasteiger partial charge in [-0.15, -0.1) is 0 Å². The van der Waals surface area contributed by atoms with Crippen LogP contribution in [0.2, 0.25) is 0 Å². The van der Waals surface area contributed by atoms with E-state index in [1.165, 1.54) is 6.08 Å². The second kappa shape index (κ2) is 9.59. The number of ether oxygens (including phenoxy) is 1. The van der Waals surface area contributed by atoms with Gasteiger partial charge in [0.2, 0.25) is 5.91 Å². The Morgan fingerprint density at radius 3 is 2.32 bits per heavy atom. The van der Waals surface area contributed by atoms with Crippen molar-refractivity contribution < 1.29 is 9.53 Å². The molecule has 4 aromatic rings. The van der Waals surface area contributed by atoms with Gasteiger partial charge in [0, 0.05) is 29.9 Å². The van der Waals surface area contributed by atoms with E-state index in [1.54, 1.807) is 13.2 Å². The average Bonchev–Trinajstić information content (AvgIpc) is 3.27. The summed E-state index contributed by atoms with van der Waals surface area (Å²) in [6.07, 6.45) is 5.27. The first kappa shape index (κ1) is 20.2. The van der Waals surface area contributed by atoms with Crippen LogP contribution in [0.3, 0.4) is 0 Å². The number of methoxy groups -OCH3 is 1. The van der Waals surface area contributed by atoms with Gasteiger partial charge in [0.05, 0.1) is 18.5 Å². The molecule has 5 nitrogen and oxygen atoms in total.